The van der Waals surface area contributed by atoms with Gasteiger partial charge in [0.1, 0.15) is 11.9 Å². The molecule has 2 amide bonds. The van der Waals surface area contributed by atoms with Gasteiger partial charge in [-0.1, -0.05) is 6.08 Å². The van der Waals surface area contributed by atoms with Crippen LogP contribution in [0, 0.1) is 6.92 Å². The molecular weight excluding hydrogens is 458 g/mol. The fourth-order valence-electron chi connectivity index (χ4n) is 5.01. The van der Waals surface area contributed by atoms with Crippen molar-refractivity contribution in [3.05, 3.63) is 35.7 Å². The number of aromatic nitrogens is 3. The van der Waals surface area contributed by atoms with E-state index in [1.54, 1.807) is 15.9 Å². The lowest BCUT2D eigenvalue weighted by Gasteiger charge is -2.32. The number of carbonyl (C=O) groups is 2. The number of carbonyl (C=O) groups excluding carboxylic acids is 2. The highest BCUT2D eigenvalue weighted by atomic mass is 16.6. The summed E-state index contributed by atoms with van der Waals surface area (Å²) in [5.74, 6) is 1.54. The topological polar surface area (TPSA) is 95.3 Å². The summed E-state index contributed by atoms with van der Waals surface area (Å²) >= 11 is 0. The molecule has 0 aromatic carbocycles. The fraction of sp³-hybridized carbons (Fsp3) is 0.615. The SMILES string of the molecule is Cc1cc(NC2CCN(C(=O)OC3CCN(C(=O)/C=C/CN(C)C)C3)CC2)n2ncc(C3CC3)c2n1. The van der Waals surface area contributed by atoms with Crippen molar-refractivity contribution in [1.29, 1.82) is 0 Å². The van der Waals surface area contributed by atoms with Crippen molar-refractivity contribution in [3.8, 4) is 0 Å². The van der Waals surface area contributed by atoms with Crippen LogP contribution < -0.4 is 5.32 Å². The first-order valence-electron chi connectivity index (χ1n) is 13.0. The lowest BCUT2D eigenvalue weighted by Crippen LogP contribution is -2.44. The third-order valence-corrected chi connectivity index (χ3v) is 7.20. The number of ether oxygens (including phenoxy) is 1. The van der Waals surface area contributed by atoms with Crippen LogP contribution in [-0.4, -0.2) is 100 Å². The first-order valence-corrected chi connectivity index (χ1v) is 13.0. The summed E-state index contributed by atoms with van der Waals surface area (Å²) in [4.78, 5) is 35.4. The number of nitrogens with zero attached hydrogens (tertiary/aromatic N) is 6. The molecule has 3 fully saturated rings. The highest BCUT2D eigenvalue weighted by Crippen LogP contribution is 2.41. The van der Waals surface area contributed by atoms with Gasteiger partial charge in [-0.05, 0) is 52.6 Å². The van der Waals surface area contributed by atoms with E-state index in [0.29, 0.717) is 38.5 Å². The monoisotopic (exact) mass is 495 g/mol. The number of amides is 2. The lowest BCUT2D eigenvalue weighted by molar-refractivity contribution is -0.125. The summed E-state index contributed by atoms with van der Waals surface area (Å²) in [6, 6.07) is 2.29. The molecule has 2 aromatic heterocycles. The van der Waals surface area contributed by atoms with Crippen molar-refractivity contribution < 1.29 is 14.3 Å². The highest BCUT2D eigenvalue weighted by molar-refractivity contribution is 5.87. The Bertz CT molecular complexity index is 1130. The number of piperidine rings is 1. The zero-order chi connectivity index (χ0) is 25.2. The summed E-state index contributed by atoms with van der Waals surface area (Å²) in [6.07, 6.45) is 9.69. The van der Waals surface area contributed by atoms with Crippen LogP contribution in [0.3, 0.4) is 0 Å². The maximum Gasteiger partial charge on any atom is 0.410 e. The number of hydrogen-bond acceptors (Lipinski definition) is 7. The number of rotatable bonds is 7. The Hall–Kier alpha value is -3.14. The molecule has 0 radical (unpaired) electrons. The summed E-state index contributed by atoms with van der Waals surface area (Å²) in [6.45, 7) is 5.09. The van der Waals surface area contributed by atoms with Crippen LogP contribution in [0.2, 0.25) is 0 Å². The highest BCUT2D eigenvalue weighted by Gasteiger charge is 2.32. The van der Waals surface area contributed by atoms with Gasteiger partial charge in [0.25, 0.3) is 0 Å². The van der Waals surface area contributed by atoms with Crippen LogP contribution in [0.15, 0.2) is 24.4 Å². The van der Waals surface area contributed by atoms with Crippen LogP contribution in [0.5, 0.6) is 0 Å². The Balaban J connectivity index is 1.10. The second-order valence-electron chi connectivity index (χ2n) is 10.5. The molecule has 1 unspecified atom stereocenters. The Morgan fingerprint density at radius 3 is 2.61 bits per heavy atom. The fourth-order valence-corrected chi connectivity index (χ4v) is 5.01. The number of anilines is 1. The molecule has 10 nitrogen and oxygen atoms in total. The third kappa shape index (κ3) is 5.64. The first-order chi connectivity index (χ1) is 17.4. The van der Waals surface area contributed by atoms with E-state index in [2.05, 4.69) is 10.4 Å². The van der Waals surface area contributed by atoms with Crippen LogP contribution in [-0.2, 0) is 9.53 Å². The molecule has 0 spiro atoms. The van der Waals surface area contributed by atoms with Crippen molar-refractivity contribution in [2.45, 2.75) is 57.1 Å². The molecule has 1 N–H and O–H groups in total. The van der Waals surface area contributed by atoms with E-state index in [1.165, 1.54) is 18.4 Å². The van der Waals surface area contributed by atoms with Gasteiger partial charge < -0.3 is 24.8 Å². The van der Waals surface area contributed by atoms with E-state index in [1.807, 2.05) is 48.8 Å². The van der Waals surface area contributed by atoms with Gasteiger partial charge in [-0.3, -0.25) is 4.79 Å². The molecular formula is C26H37N7O3. The molecule has 10 heteroatoms. The smallest absolute Gasteiger partial charge is 0.410 e. The van der Waals surface area contributed by atoms with Crippen molar-refractivity contribution in [1.82, 2.24) is 29.3 Å². The molecule has 2 aromatic rings. The van der Waals surface area contributed by atoms with Crippen LogP contribution in [0.25, 0.3) is 5.65 Å². The van der Waals surface area contributed by atoms with Gasteiger partial charge in [-0.15, -0.1) is 0 Å². The maximum atomic E-state index is 12.8. The summed E-state index contributed by atoms with van der Waals surface area (Å²) < 4.78 is 7.67. The average Bonchev–Trinajstić information content (AvgIpc) is 3.42. The molecule has 4 heterocycles. The zero-order valence-electron chi connectivity index (χ0n) is 21.5. The van der Waals surface area contributed by atoms with Crippen molar-refractivity contribution in [2.24, 2.45) is 0 Å². The number of fused-ring (bicyclic) bond motifs is 1. The Morgan fingerprint density at radius 2 is 1.89 bits per heavy atom. The van der Waals surface area contributed by atoms with Gasteiger partial charge >= 0.3 is 6.09 Å². The molecule has 194 valence electrons. The second kappa shape index (κ2) is 10.5. The third-order valence-electron chi connectivity index (χ3n) is 7.20. The largest absolute Gasteiger partial charge is 0.444 e. The van der Waals surface area contributed by atoms with Crippen molar-refractivity contribution in [3.63, 3.8) is 0 Å². The summed E-state index contributed by atoms with van der Waals surface area (Å²) in [7, 11) is 3.92. The minimum absolute atomic E-state index is 0.0239. The van der Waals surface area contributed by atoms with Crippen LogP contribution in [0.4, 0.5) is 10.6 Å². The van der Waals surface area contributed by atoms with Crippen LogP contribution >= 0.6 is 0 Å². The van der Waals surface area contributed by atoms with E-state index >= 15 is 0 Å². The summed E-state index contributed by atoms with van der Waals surface area (Å²) in [5.41, 5.74) is 3.18. The molecule has 5 rings (SSSR count). The van der Waals surface area contributed by atoms with Gasteiger partial charge in [0.2, 0.25) is 5.91 Å². The number of aryl methyl sites for hydroxylation is 1. The molecule has 1 atom stereocenters. The van der Waals surface area contributed by atoms with Gasteiger partial charge in [0.05, 0.1) is 12.7 Å². The number of nitrogens with one attached hydrogen (secondary N) is 1. The minimum Gasteiger partial charge on any atom is -0.444 e. The molecule has 3 aliphatic rings. The normalized spacial score (nSPS) is 21.2. The second-order valence-corrected chi connectivity index (χ2v) is 10.5. The standard InChI is InChI=1S/C26H37N7O3/c1-18-15-23(33-25(28-18)22(16-27-33)19-6-7-19)29-20-8-12-31(13-9-20)26(35)36-21-10-14-32(17-21)24(34)5-4-11-30(2)3/h4-5,15-16,19-21,29H,6-14,17H2,1-3H3/b5-4+. The van der Waals surface area contributed by atoms with E-state index < -0.39 is 0 Å². The average molecular weight is 496 g/mol. The Morgan fingerprint density at radius 1 is 1.14 bits per heavy atom. The van der Waals surface area contributed by atoms with E-state index in [-0.39, 0.29) is 24.1 Å². The number of likely N-dealkylation sites (N-methyl/N-ethyl adjacent to an activating group) is 1. The van der Waals surface area contributed by atoms with Gasteiger partial charge in [-0.2, -0.15) is 9.61 Å². The predicted octanol–water partition coefficient (Wildman–Crippen LogP) is 2.65. The lowest BCUT2D eigenvalue weighted by atomic mass is 10.1. The van der Waals surface area contributed by atoms with Gasteiger partial charge in [0, 0.05) is 62.0 Å². The predicted molar refractivity (Wildman–Crippen MR) is 137 cm³/mol. The minimum atomic E-state index is -0.279. The molecule has 1 aliphatic carbocycles. The van der Waals surface area contributed by atoms with E-state index in [0.717, 1.165) is 36.5 Å². The van der Waals surface area contributed by atoms with E-state index in [9.17, 15) is 9.59 Å². The summed E-state index contributed by atoms with van der Waals surface area (Å²) in [5, 5.41) is 8.24. The molecule has 0 bridgehead atoms. The van der Waals surface area contributed by atoms with E-state index in [4.69, 9.17) is 9.72 Å². The first kappa shape index (κ1) is 24.5. The number of likely N-dealkylation sites (tertiary alicyclic amines) is 2. The quantitative estimate of drug-likeness (QED) is 0.590. The van der Waals surface area contributed by atoms with Crippen molar-refractivity contribution >= 4 is 23.5 Å². The molecule has 36 heavy (non-hydrogen) atoms. The molecule has 1 saturated carbocycles. The maximum absolute atomic E-state index is 12.8. The molecule has 2 saturated heterocycles. The Kier molecular flexibility index (Phi) is 7.13. The van der Waals surface area contributed by atoms with Gasteiger partial charge in [0.15, 0.2) is 5.65 Å². The zero-order valence-corrected chi connectivity index (χ0v) is 21.5. The molecule has 2 aliphatic heterocycles. The van der Waals surface area contributed by atoms with Crippen molar-refractivity contribution in [2.75, 3.05) is 52.1 Å². The Labute approximate surface area is 212 Å². The number of hydrogen-bond donors (Lipinski definition) is 1. The van der Waals surface area contributed by atoms with Crippen LogP contribution in [0.1, 0.15) is 49.3 Å². The van der Waals surface area contributed by atoms with Gasteiger partial charge in [-0.25, -0.2) is 9.78 Å².